The van der Waals surface area contributed by atoms with Crippen molar-refractivity contribution in [1.82, 2.24) is 20.4 Å². The zero-order chi connectivity index (χ0) is 26.0. The number of nitrogens with zero attached hydrogens (tertiary/aromatic N) is 3. The van der Waals surface area contributed by atoms with Gasteiger partial charge >= 0.3 is 6.03 Å². The highest BCUT2D eigenvalue weighted by Gasteiger charge is 2.51. The Balaban J connectivity index is 1.52. The van der Waals surface area contributed by atoms with Crippen LogP contribution in [0.5, 0.6) is 5.75 Å². The molecule has 2 saturated heterocycles. The quantitative estimate of drug-likeness (QED) is 0.373. The van der Waals surface area contributed by atoms with E-state index in [2.05, 4.69) is 16.0 Å². The summed E-state index contributed by atoms with van der Waals surface area (Å²) in [6.07, 6.45) is -1.15. The molecule has 13 heteroatoms. The molecule has 0 aliphatic carbocycles. The zero-order valence-electron chi connectivity index (χ0n) is 19.8. The lowest BCUT2D eigenvalue weighted by Crippen LogP contribution is -2.72. The highest BCUT2D eigenvalue weighted by molar-refractivity contribution is 8.00. The van der Waals surface area contributed by atoms with Crippen molar-refractivity contribution in [1.29, 1.82) is 0 Å². The molecule has 0 bridgehead atoms. The number of hydrogen-bond acceptors (Lipinski definition) is 9. The summed E-state index contributed by atoms with van der Waals surface area (Å²) in [6, 6.07) is 12.5. The number of rotatable bonds is 7. The number of nitro benzene ring substituents is 1. The summed E-state index contributed by atoms with van der Waals surface area (Å²) >= 11 is 1.25. The Morgan fingerprint density at radius 1 is 1.11 bits per heavy atom. The molecular weight excluding hydrogens is 488 g/mol. The maximum atomic E-state index is 13.1. The standard InChI is InChI=1S/C23H26N6O6S/c1-27-20-18(22(31)28(2)23(27)32)21(26-19(25-20)13-4-8-15(9-5-13)29(33)34)36-12-17(30)24-14-6-10-16(35-3)11-7-14/h4-11,18-21,25-26H,12H2,1-3H3,(H,24,30). The number of carbonyl (C=O) groups is 3. The Hall–Kier alpha value is -3.68. The molecule has 2 fully saturated rings. The largest absolute Gasteiger partial charge is 0.497 e. The lowest BCUT2D eigenvalue weighted by atomic mass is 9.96. The zero-order valence-corrected chi connectivity index (χ0v) is 20.7. The van der Waals surface area contributed by atoms with Crippen LogP contribution in [0.3, 0.4) is 0 Å². The third-order valence-corrected chi connectivity index (χ3v) is 7.38. The number of urea groups is 1. The minimum Gasteiger partial charge on any atom is -0.497 e. The van der Waals surface area contributed by atoms with Crippen molar-refractivity contribution < 1.29 is 24.0 Å². The molecule has 0 radical (unpaired) electrons. The number of benzene rings is 2. The van der Waals surface area contributed by atoms with E-state index in [0.29, 0.717) is 17.0 Å². The van der Waals surface area contributed by atoms with Crippen LogP contribution >= 0.6 is 11.8 Å². The number of amides is 4. The molecule has 4 unspecified atom stereocenters. The molecule has 0 spiro atoms. The first-order chi connectivity index (χ1) is 17.2. The van der Waals surface area contributed by atoms with E-state index in [1.54, 1.807) is 50.6 Å². The van der Waals surface area contributed by atoms with Crippen molar-refractivity contribution in [2.75, 3.05) is 32.3 Å². The third-order valence-electron chi connectivity index (χ3n) is 6.16. The number of imide groups is 1. The van der Waals surface area contributed by atoms with Crippen LogP contribution in [0.15, 0.2) is 48.5 Å². The van der Waals surface area contributed by atoms with Crippen molar-refractivity contribution in [3.8, 4) is 5.75 Å². The normalized spacial score (nSPS) is 23.8. The van der Waals surface area contributed by atoms with Gasteiger partial charge in [0.15, 0.2) is 0 Å². The first-order valence-electron chi connectivity index (χ1n) is 11.1. The van der Waals surface area contributed by atoms with E-state index < -0.39 is 34.6 Å². The second kappa shape index (κ2) is 10.5. The lowest BCUT2D eigenvalue weighted by molar-refractivity contribution is -0.384. The van der Waals surface area contributed by atoms with Gasteiger partial charge in [-0.15, -0.1) is 11.8 Å². The van der Waals surface area contributed by atoms with Gasteiger partial charge in [0.1, 0.15) is 5.75 Å². The highest BCUT2D eigenvalue weighted by atomic mass is 32.2. The number of ether oxygens (including phenoxy) is 1. The molecule has 190 valence electrons. The van der Waals surface area contributed by atoms with Crippen LogP contribution in [-0.4, -0.2) is 71.1 Å². The SMILES string of the molecule is COc1ccc(NC(=O)CSC2NC(c3ccc([N+](=O)[O-])cc3)NC3C2C(=O)N(C)C(=O)N3C)cc1. The Morgan fingerprint density at radius 2 is 1.78 bits per heavy atom. The van der Waals surface area contributed by atoms with Crippen LogP contribution in [0.4, 0.5) is 16.2 Å². The van der Waals surface area contributed by atoms with Crippen LogP contribution in [0.2, 0.25) is 0 Å². The average molecular weight is 515 g/mol. The molecule has 12 nitrogen and oxygen atoms in total. The number of carbonyl (C=O) groups excluding carboxylic acids is 3. The van der Waals surface area contributed by atoms with Gasteiger partial charge in [0.2, 0.25) is 11.8 Å². The first kappa shape index (κ1) is 25.4. The molecule has 4 atom stereocenters. The Morgan fingerprint density at radius 3 is 2.39 bits per heavy atom. The molecule has 2 aromatic carbocycles. The van der Waals surface area contributed by atoms with Gasteiger partial charge in [-0.05, 0) is 42.0 Å². The van der Waals surface area contributed by atoms with Gasteiger partial charge in [-0.25, -0.2) is 4.79 Å². The number of nitrogens with one attached hydrogen (secondary N) is 3. The van der Waals surface area contributed by atoms with E-state index in [1.807, 2.05) is 0 Å². The summed E-state index contributed by atoms with van der Waals surface area (Å²) in [5, 5.41) is 19.9. The first-order valence-corrected chi connectivity index (χ1v) is 12.1. The van der Waals surface area contributed by atoms with E-state index in [0.717, 1.165) is 4.90 Å². The van der Waals surface area contributed by atoms with E-state index in [-0.39, 0.29) is 23.3 Å². The second-order valence-electron chi connectivity index (χ2n) is 8.38. The number of non-ortho nitro benzene ring substituents is 1. The Labute approximate surface area is 211 Å². The van der Waals surface area contributed by atoms with Crippen LogP contribution in [0.1, 0.15) is 11.7 Å². The van der Waals surface area contributed by atoms with Gasteiger partial charge in [0.05, 0.1) is 41.4 Å². The fourth-order valence-electron chi connectivity index (χ4n) is 4.22. The van der Waals surface area contributed by atoms with E-state index >= 15 is 0 Å². The van der Waals surface area contributed by atoms with Crippen molar-refractivity contribution in [2.24, 2.45) is 5.92 Å². The smallest absolute Gasteiger partial charge is 0.327 e. The van der Waals surface area contributed by atoms with Crippen LogP contribution < -0.4 is 20.7 Å². The van der Waals surface area contributed by atoms with Crippen LogP contribution in [0.25, 0.3) is 0 Å². The van der Waals surface area contributed by atoms with Gasteiger partial charge < -0.3 is 15.0 Å². The topological polar surface area (TPSA) is 146 Å². The molecular formula is C23H26N6O6S. The summed E-state index contributed by atoms with van der Waals surface area (Å²) < 4.78 is 5.12. The summed E-state index contributed by atoms with van der Waals surface area (Å²) in [7, 11) is 4.59. The van der Waals surface area contributed by atoms with Crippen LogP contribution in [-0.2, 0) is 9.59 Å². The van der Waals surface area contributed by atoms with E-state index in [4.69, 9.17) is 4.74 Å². The second-order valence-corrected chi connectivity index (χ2v) is 9.51. The summed E-state index contributed by atoms with van der Waals surface area (Å²) in [5.41, 5.74) is 1.26. The van der Waals surface area contributed by atoms with Crippen molar-refractivity contribution >= 4 is 41.0 Å². The van der Waals surface area contributed by atoms with Gasteiger partial charge in [0.25, 0.3) is 5.69 Å². The molecule has 2 aliphatic rings. The molecule has 0 aromatic heterocycles. The number of methoxy groups -OCH3 is 1. The summed E-state index contributed by atoms with van der Waals surface area (Å²) in [5.74, 6) is -0.559. The van der Waals surface area contributed by atoms with E-state index in [1.165, 1.54) is 35.8 Å². The lowest BCUT2D eigenvalue weighted by Gasteiger charge is -2.50. The molecule has 0 saturated carbocycles. The van der Waals surface area contributed by atoms with Crippen molar-refractivity contribution in [3.05, 3.63) is 64.2 Å². The van der Waals surface area contributed by atoms with Crippen molar-refractivity contribution in [3.63, 3.8) is 0 Å². The fourth-order valence-corrected chi connectivity index (χ4v) is 5.32. The molecule has 2 heterocycles. The fraction of sp³-hybridized carbons (Fsp3) is 0.348. The molecule has 4 rings (SSSR count). The predicted molar refractivity (Wildman–Crippen MR) is 133 cm³/mol. The minimum atomic E-state index is -0.661. The van der Waals surface area contributed by atoms with Crippen molar-refractivity contribution in [2.45, 2.75) is 17.7 Å². The van der Waals surface area contributed by atoms with E-state index in [9.17, 15) is 24.5 Å². The monoisotopic (exact) mass is 514 g/mol. The number of fused-ring (bicyclic) bond motifs is 1. The number of hydrogen-bond donors (Lipinski definition) is 3. The molecule has 2 aliphatic heterocycles. The molecule has 2 aromatic rings. The van der Waals surface area contributed by atoms with Gasteiger partial charge in [0, 0.05) is 31.9 Å². The maximum absolute atomic E-state index is 13.1. The molecule has 4 amide bonds. The Kier molecular flexibility index (Phi) is 7.43. The summed E-state index contributed by atoms with van der Waals surface area (Å²) in [4.78, 5) is 51.4. The number of nitro groups is 1. The minimum absolute atomic E-state index is 0.0460. The van der Waals surface area contributed by atoms with Gasteiger partial charge in [-0.2, -0.15) is 0 Å². The maximum Gasteiger partial charge on any atom is 0.327 e. The average Bonchev–Trinajstić information content (AvgIpc) is 2.89. The number of anilines is 1. The highest BCUT2D eigenvalue weighted by Crippen LogP contribution is 2.34. The van der Waals surface area contributed by atoms with Gasteiger partial charge in [-0.3, -0.25) is 35.2 Å². The Bertz CT molecular complexity index is 1160. The van der Waals surface area contributed by atoms with Crippen LogP contribution in [0, 0.1) is 16.0 Å². The third kappa shape index (κ3) is 5.12. The molecule has 3 N–H and O–H groups in total. The van der Waals surface area contributed by atoms with Gasteiger partial charge in [-0.1, -0.05) is 0 Å². The number of thioether (sulfide) groups is 1. The predicted octanol–water partition coefficient (Wildman–Crippen LogP) is 1.96. The summed E-state index contributed by atoms with van der Waals surface area (Å²) in [6.45, 7) is 0. The molecule has 36 heavy (non-hydrogen) atoms.